The molecule has 0 saturated carbocycles. The van der Waals surface area contributed by atoms with Gasteiger partial charge in [-0.3, -0.25) is 4.79 Å². The van der Waals surface area contributed by atoms with Crippen LogP contribution in [-0.2, 0) is 18.4 Å². The lowest BCUT2D eigenvalue weighted by Crippen LogP contribution is -2.15. The molecule has 1 N–H and O–H groups in total. The summed E-state index contributed by atoms with van der Waals surface area (Å²) in [6.07, 6.45) is 0. The lowest BCUT2D eigenvalue weighted by atomic mass is 10.1. The maximum Gasteiger partial charge on any atom is 0.234 e. The van der Waals surface area contributed by atoms with Gasteiger partial charge < -0.3 is 24.1 Å². The number of ether oxygens (including phenoxy) is 3. The molecule has 31 heavy (non-hydrogen) atoms. The number of carbonyl (C=O) groups excluding carboxylic acids is 1. The van der Waals surface area contributed by atoms with E-state index in [1.54, 1.807) is 32.4 Å². The summed E-state index contributed by atoms with van der Waals surface area (Å²) in [5.41, 5.74) is 2.69. The molecule has 1 aromatic heterocycles. The Balaban J connectivity index is 1.59. The standard InChI is InChI=1S/C22H26N4O4S/c1-14-7-6-8-15(2)21(14)30-12-19-24-25-22(26(19)3)31-13-20(27)23-17-11-16(28-4)9-10-18(17)29-5/h6-11H,12-13H2,1-5H3,(H,23,27). The maximum absolute atomic E-state index is 12.4. The third-order valence-electron chi connectivity index (χ3n) is 4.69. The van der Waals surface area contributed by atoms with Crippen molar-refractivity contribution in [2.75, 3.05) is 25.3 Å². The van der Waals surface area contributed by atoms with E-state index in [0.29, 0.717) is 34.8 Å². The first-order chi connectivity index (χ1) is 14.9. The molecule has 0 radical (unpaired) electrons. The highest BCUT2D eigenvalue weighted by Crippen LogP contribution is 2.29. The third kappa shape index (κ3) is 5.49. The number of para-hydroxylation sites is 1. The lowest BCUT2D eigenvalue weighted by molar-refractivity contribution is -0.113. The van der Waals surface area contributed by atoms with E-state index < -0.39 is 0 Å². The molecule has 9 heteroatoms. The summed E-state index contributed by atoms with van der Waals surface area (Å²) in [4.78, 5) is 12.4. The molecule has 0 aliphatic heterocycles. The van der Waals surface area contributed by atoms with Crippen LogP contribution in [0.25, 0.3) is 0 Å². The average molecular weight is 443 g/mol. The molecular weight excluding hydrogens is 416 g/mol. The number of amides is 1. The number of nitrogens with zero attached hydrogens (tertiary/aromatic N) is 3. The van der Waals surface area contributed by atoms with Crippen molar-refractivity contribution in [3.63, 3.8) is 0 Å². The number of carbonyl (C=O) groups is 1. The smallest absolute Gasteiger partial charge is 0.234 e. The fourth-order valence-corrected chi connectivity index (χ4v) is 3.72. The van der Waals surface area contributed by atoms with Crippen LogP contribution in [0.3, 0.4) is 0 Å². The number of methoxy groups -OCH3 is 2. The molecule has 3 rings (SSSR count). The van der Waals surface area contributed by atoms with Crippen LogP contribution in [0.1, 0.15) is 17.0 Å². The van der Waals surface area contributed by atoms with Crippen molar-refractivity contribution in [1.82, 2.24) is 14.8 Å². The Morgan fingerprint density at radius 3 is 2.52 bits per heavy atom. The fourth-order valence-electron chi connectivity index (χ4n) is 2.99. The van der Waals surface area contributed by atoms with E-state index in [9.17, 15) is 4.79 Å². The maximum atomic E-state index is 12.4. The lowest BCUT2D eigenvalue weighted by Gasteiger charge is -2.12. The molecule has 2 aromatic carbocycles. The number of hydrogen-bond donors (Lipinski definition) is 1. The van der Waals surface area contributed by atoms with Crippen molar-refractivity contribution >= 4 is 23.4 Å². The third-order valence-corrected chi connectivity index (χ3v) is 5.71. The predicted molar refractivity (Wildman–Crippen MR) is 120 cm³/mol. The number of anilines is 1. The van der Waals surface area contributed by atoms with Crippen LogP contribution in [0.15, 0.2) is 41.6 Å². The fraction of sp³-hybridized carbons (Fsp3) is 0.318. The van der Waals surface area contributed by atoms with Gasteiger partial charge in [-0.2, -0.15) is 0 Å². The Hall–Kier alpha value is -3.20. The number of aryl methyl sites for hydroxylation is 2. The summed E-state index contributed by atoms with van der Waals surface area (Å²) in [5.74, 6) is 2.71. The first-order valence-corrected chi connectivity index (χ1v) is 10.6. The summed E-state index contributed by atoms with van der Waals surface area (Å²) in [6, 6.07) is 11.2. The minimum Gasteiger partial charge on any atom is -0.497 e. The molecule has 0 fully saturated rings. The molecule has 8 nitrogen and oxygen atoms in total. The van der Waals surface area contributed by atoms with Gasteiger partial charge in [0, 0.05) is 13.1 Å². The minimum atomic E-state index is -0.187. The first-order valence-electron chi connectivity index (χ1n) is 9.65. The zero-order valence-electron chi connectivity index (χ0n) is 18.3. The molecule has 1 heterocycles. The van der Waals surface area contributed by atoms with Gasteiger partial charge in [-0.05, 0) is 37.1 Å². The van der Waals surface area contributed by atoms with Gasteiger partial charge in [-0.1, -0.05) is 30.0 Å². The van der Waals surface area contributed by atoms with Gasteiger partial charge in [0.05, 0.1) is 25.7 Å². The van der Waals surface area contributed by atoms with Crippen molar-refractivity contribution < 1.29 is 19.0 Å². The predicted octanol–water partition coefficient (Wildman–Crippen LogP) is 3.76. The molecule has 0 aliphatic rings. The van der Waals surface area contributed by atoms with Crippen molar-refractivity contribution in [1.29, 1.82) is 0 Å². The van der Waals surface area contributed by atoms with Crippen LogP contribution in [-0.4, -0.2) is 40.6 Å². The molecule has 0 unspecified atom stereocenters. The Kier molecular flexibility index (Phi) is 7.41. The molecular formula is C22H26N4O4S. The number of aromatic nitrogens is 3. The number of nitrogens with one attached hydrogen (secondary N) is 1. The van der Waals surface area contributed by atoms with E-state index in [4.69, 9.17) is 14.2 Å². The van der Waals surface area contributed by atoms with Crippen LogP contribution in [0.5, 0.6) is 17.2 Å². The zero-order valence-corrected chi connectivity index (χ0v) is 19.1. The van der Waals surface area contributed by atoms with Gasteiger partial charge in [-0.15, -0.1) is 10.2 Å². The molecule has 0 aliphatic carbocycles. The summed E-state index contributed by atoms with van der Waals surface area (Å²) in [6.45, 7) is 4.31. The Morgan fingerprint density at radius 2 is 1.84 bits per heavy atom. The van der Waals surface area contributed by atoms with Gasteiger partial charge in [0.2, 0.25) is 5.91 Å². The van der Waals surface area contributed by atoms with E-state index in [-0.39, 0.29) is 11.7 Å². The van der Waals surface area contributed by atoms with Crippen LogP contribution in [0, 0.1) is 13.8 Å². The van der Waals surface area contributed by atoms with E-state index in [1.807, 2.05) is 43.7 Å². The summed E-state index contributed by atoms with van der Waals surface area (Å²) >= 11 is 1.30. The Bertz CT molecular complexity index is 1050. The first kappa shape index (κ1) is 22.5. The molecule has 3 aromatic rings. The van der Waals surface area contributed by atoms with E-state index in [0.717, 1.165) is 16.9 Å². The van der Waals surface area contributed by atoms with E-state index in [2.05, 4.69) is 15.5 Å². The number of hydrogen-bond acceptors (Lipinski definition) is 7. The minimum absolute atomic E-state index is 0.171. The highest BCUT2D eigenvalue weighted by atomic mass is 32.2. The second kappa shape index (κ2) is 10.2. The quantitative estimate of drug-likeness (QED) is 0.505. The largest absolute Gasteiger partial charge is 0.497 e. The average Bonchev–Trinajstić information content (AvgIpc) is 3.11. The van der Waals surface area contributed by atoms with Gasteiger partial charge in [0.1, 0.15) is 23.9 Å². The molecule has 0 atom stereocenters. The Labute approximate surface area is 185 Å². The van der Waals surface area contributed by atoms with E-state index >= 15 is 0 Å². The second-order valence-electron chi connectivity index (χ2n) is 6.87. The number of rotatable bonds is 9. The SMILES string of the molecule is COc1ccc(OC)c(NC(=O)CSc2nnc(COc3c(C)cccc3C)n2C)c1. The van der Waals surface area contributed by atoms with Crippen molar-refractivity contribution in [3.8, 4) is 17.2 Å². The zero-order chi connectivity index (χ0) is 22.4. The Morgan fingerprint density at radius 1 is 1.10 bits per heavy atom. The van der Waals surface area contributed by atoms with Crippen LogP contribution < -0.4 is 19.5 Å². The number of benzene rings is 2. The van der Waals surface area contributed by atoms with Gasteiger partial charge in [0.25, 0.3) is 0 Å². The molecule has 0 saturated heterocycles. The van der Waals surface area contributed by atoms with Crippen LogP contribution >= 0.6 is 11.8 Å². The monoisotopic (exact) mass is 442 g/mol. The second-order valence-corrected chi connectivity index (χ2v) is 7.81. The highest BCUT2D eigenvalue weighted by Gasteiger charge is 2.14. The van der Waals surface area contributed by atoms with Crippen LogP contribution in [0.2, 0.25) is 0 Å². The van der Waals surface area contributed by atoms with Gasteiger partial charge in [0.15, 0.2) is 11.0 Å². The summed E-state index contributed by atoms with van der Waals surface area (Å²) in [7, 11) is 4.97. The molecule has 0 bridgehead atoms. The summed E-state index contributed by atoms with van der Waals surface area (Å²) in [5, 5.41) is 11.9. The topological polar surface area (TPSA) is 87.5 Å². The highest BCUT2D eigenvalue weighted by molar-refractivity contribution is 7.99. The van der Waals surface area contributed by atoms with Crippen molar-refractivity contribution in [2.24, 2.45) is 7.05 Å². The normalized spacial score (nSPS) is 10.6. The summed E-state index contributed by atoms with van der Waals surface area (Å²) < 4.78 is 18.3. The van der Waals surface area contributed by atoms with Crippen LogP contribution in [0.4, 0.5) is 5.69 Å². The van der Waals surface area contributed by atoms with E-state index in [1.165, 1.54) is 11.8 Å². The molecule has 164 valence electrons. The van der Waals surface area contributed by atoms with Gasteiger partial charge in [-0.25, -0.2) is 0 Å². The molecule has 1 amide bonds. The van der Waals surface area contributed by atoms with Crippen molar-refractivity contribution in [2.45, 2.75) is 25.6 Å². The van der Waals surface area contributed by atoms with Crippen molar-refractivity contribution in [3.05, 3.63) is 53.3 Å². The van der Waals surface area contributed by atoms with Gasteiger partial charge >= 0.3 is 0 Å². The molecule has 0 spiro atoms. The number of thioether (sulfide) groups is 1.